The van der Waals surface area contributed by atoms with Gasteiger partial charge in [0.15, 0.2) is 5.84 Å². The van der Waals surface area contributed by atoms with Crippen molar-refractivity contribution in [3.63, 3.8) is 0 Å². The SMILES string of the molecule is COC(=O)C1=C(CN2CCOCC2C(=O)O)NC(c2cc(C)ccn2)=N[C@H]1c1ccc(F)cc1Cl. The zero-order chi connectivity index (χ0) is 25.1. The molecule has 9 nitrogen and oxygen atoms in total. The number of pyridine rings is 1. The first-order valence-corrected chi connectivity index (χ1v) is 11.2. The Morgan fingerprint density at radius 3 is 2.83 bits per heavy atom. The predicted molar refractivity (Wildman–Crippen MR) is 126 cm³/mol. The number of benzene rings is 1. The van der Waals surface area contributed by atoms with Gasteiger partial charge in [0.2, 0.25) is 0 Å². The number of nitrogens with one attached hydrogen (secondary N) is 1. The van der Waals surface area contributed by atoms with Crippen molar-refractivity contribution in [3.8, 4) is 0 Å². The van der Waals surface area contributed by atoms with Gasteiger partial charge < -0.3 is 19.9 Å². The molecule has 0 radical (unpaired) electrons. The maximum absolute atomic E-state index is 13.8. The Hall–Kier alpha value is -3.34. The van der Waals surface area contributed by atoms with E-state index in [1.54, 1.807) is 11.1 Å². The molecule has 0 aliphatic carbocycles. The molecule has 0 spiro atoms. The van der Waals surface area contributed by atoms with Crippen molar-refractivity contribution in [1.29, 1.82) is 0 Å². The van der Waals surface area contributed by atoms with Crippen LogP contribution in [0.2, 0.25) is 5.02 Å². The van der Waals surface area contributed by atoms with Gasteiger partial charge in [-0.15, -0.1) is 0 Å². The second kappa shape index (κ2) is 10.5. The summed E-state index contributed by atoms with van der Waals surface area (Å²) in [6.45, 7) is 2.69. The molecule has 2 aliphatic heterocycles. The van der Waals surface area contributed by atoms with Crippen LogP contribution in [0.25, 0.3) is 0 Å². The van der Waals surface area contributed by atoms with Crippen molar-refractivity contribution in [2.75, 3.05) is 33.4 Å². The van der Waals surface area contributed by atoms with E-state index >= 15 is 0 Å². The summed E-state index contributed by atoms with van der Waals surface area (Å²) in [7, 11) is 1.24. The number of aliphatic carboxylic acids is 1. The number of carboxylic acid groups (broad SMARTS) is 1. The second-order valence-electron chi connectivity index (χ2n) is 8.17. The number of carboxylic acids is 1. The molecular formula is C24H24ClFN4O5. The second-order valence-corrected chi connectivity index (χ2v) is 8.58. The Morgan fingerprint density at radius 2 is 2.14 bits per heavy atom. The number of morpholine rings is 1. The number of nitrogens with zero attached hydrogens (tertiary/aromatic N) is 3. The lowest BCUT2D eigenvalue weighted by Crippen LogP contribution is -2.52. The molecule has 3 heterocycles. The summed E-state index contributed by atoms with van der Waals surface area (Å²) in [4.78, 5) is 35.6. The molecule has 1 fully saturated rings. The van der Waals surface area contributed by atoms with Gasteiger partial charge in [0.25, 0.3) is 0 Å². The van der Waals surface area contributed by atoms with Gasteiger partial charge in [-0.2, -0.15) is 0 Å². The number of carbonyl (C=O) groups excluding carboxylic acids is 1. The Labute approximate surface area is 206 Å². The average Bonchev–Trinajstić information content (AvgIpc) is 2.83. The smallest absolute Gasteiger partial charge is 0.338 e. The Kier molecular flexibility index (Phi) is 7.44. The summed E-state index contributed by atoms with van der Waals surface area (Å²) in [5.41, 5.74) is 2.40. The van der Waals surface area contributed by atoms with Crippen molar-refractivity contribution < 1.29 is 28.6 Å². The van der Waals surface area contributed by atoms with Crippen LogP contribution in [-0.4, -0.2) is 72.2 Å². The zero-order valence-corrected chi connectivity index (χ0v) is 19.9. The molecule has 1 unspecified atom stereocenters. The molecule has 11 heteroatoms. The Morgan fingerprint density at radius 1 is 1.34 bits per heavy atom. The van der Waals surface area contributed by atoms with E-state index in [1.807, 2.05) is 19.1 Å². The summed E-state index contributed by atoms with van der Waals surface area (Å²) < 4.78 is 24.2. The number of rotatable bonds is 6. The van der Waals surface area contributed by atoms with Crippen molar-refractivity contribution in [3.05, 3.63) is 75.5 Å². The van der Waals surface area contributed by atoms with Gasteiger partial charge in [-0.25, -0.2) is 9.18 Å². The van der Waals surface area contributed by atoms with Gasteiger partial charge in [0, 0.05) is 35.6 Å². The summed E-state index contributed by atoms with van der Waals surface area (Å²) in [6.07, 6.45) is 1.64. The van der Waals surface area contributed by atoms with Crippen molar-refractivity contribution in [2.45, 2.75) is 19.0 Å². The molecule has 1 aromatic heterocycles. The van der Waals surface area contributed by atoms with Gasteiger partial charge >= 0.3 is 11.9 Å². The molecule has 4 rings (SSSR count). The molecule has 2 aliphatic rings. The number of esters is 1. The maximum atomic E-state index is 13.8. The predicted octanol–water partition coefficient (Wildman–Crippen LogP) is 2.49. The number of halogens is 2. The topological polar surface area (TPSA) is 113 Å². The first kappa shape index (κ1) is 24.8. The maximum Gasteiger partial charge on any atom is 0.338 e. The van der Waals surface area contributed by atoms with Crippen LogP contribution in [-0.2, 0) is 19.1 Å². The molecule has 2 atom stereocenters. The molecule has 0 amide bonds. The molecule has 184 valence electrons. The lowest BCUT2D eigenvalue weighted by Gasteiger charge is -2.35. The van der Waals surface area contributed by atoms with Crippen LogP contribution in [0.1, 0.15) is 22.9 Å². The minimum atomic E-state index is -1.03. The fourth-order valence-corrected chi connectivity index (χ4v) is 4.34. The van der Waals surface area contributed by atoms with Crippen molar-refractivity contribution >= 4 is 29.4 Å². The lowest BCUT2D eigenvalue weighted by atomic mass is 9.94. The van der Waals surface area contributed by atoms with Crippen molar-refractivity contribution in [1.82, 2.24) is 15.2 Å². The van der Waals surface area contributed by atoms with E-state index < -0.39 is 29.8 Å². The van der Waals surface area contributed by atoms with Crippen molar-refractivity contribution in [2.24, 2.45) is 4.99 Å². The van der Waals surface area contributed by atoms with Crippen LogP contribution in [0.5, 0.6) is 0 Å². The van der Waals surface area contributed by atoms with Gasteiger partial charge in [-0.3, -0.25) is 19.7 Å². The lowest BCUT2D eigenvalue weighted by molar-refractivity contribution is -0.149. The molecule has 35 heavy (non-hydrogen) atoms. The Bertz CT molecular complexity index is 1220. The molecule has 1 saturated heterocycles. The normalized spacial score (nSPS) is 20.7. The minimum Gasteiger partial charge on any atom is -0.480 e. The van der Waals surface area contributed by atoms with Gasteiger partial charge in [0.05, 0.1) is 25.9 Å². The number of carbonyl (C=O) groups is 2. The first-order valence-electron chi connectivity index (χ1n) is 10.9. The third-order valence-corrected chi connectivity index (χ3v) is 6.16. The summed E-state index contributed by atoms with van der Waals surface area (Å²) in [5, 5.41) is 12.9. The number of methoxy groups -OCH3 is 1. The number of hydrogen-bond acceptors (Lipinski definition) is 8. The fourth-order valence-electron chi connectivity index (χ4n) is 4.07. The standard InChI is InChI=1S/C24H24ClFN4O5/c1-13-5-6-27-17(9-13)22-28-18(11-30-7-8-35-12-19(30)23(31)32)20(24(33)34-2)21(29-22)15-4-3-14(26)10-16(15)25/h3-6,9-10,19,21H,7-8,11-12H2,1-2H3,(H,28,29)(H,31,32)/t19?,21-/m0/s1. The number of amidine groups is 1. The summed E-state index contributed by atoms with van der Waals surface area (Å²) in [5.74, 6) is -1.87. The van der Waals surface area contributed by atoms with Gasteiger partial charge in [-0.1, -0.05) is 17.7 Å². The zero-order valence-electron chi connectivity index (χ0n) is 19.1. The number of ether oxygens (including phenoxy) is 2. The highest BCUT2D eigenvalue weighted by atomic mass is 35.5. The van der Waals surface area contributed by atoms with E-state index in [9.17, 15) is 19.1 Å². The number of hydrogen-bond donors (Lipinski definition) is 2. The minimum absolute atomic E-state index is 0.0176. The van der Waals surface area contributed by atoms with E-state index in [1.165, 1.54) is 19.2 Å². The van der Waals surface area contributed by atoms with Crippen LogP contribution < -0.4 is 5.32 Å². The van der Waals surface area contributed by atoms with E-state index in [4.69, 9.17) is 26.1 Å². The van der Waals surface area contributed by atoms with Gasteiger partial charge in [-0.05, 0) is 36.8 Å². The van der Waals surface area contributed by atoms with Gasteiger partial charge in [0.1, 0.15) is 23.6 Å². The first-order chi connectivity index (χ1) is 16.8. The number of aryl methyl sites for hydroxylation is 1. The monoisotopic (exact) mass is 502 g/mol. The van der Waals surface area contributed by atoms with Crippen LogP contribution >= 0.6 is 11.6 Å². The summed E-state index contributed by atoms with van der Waals surface area (Å²) in [6, 6.07) is 5.68. The largest absolute Gasteiger partial charge is 0.480 e. The fraction of sp³-hybridized carbons (Fsp3) is 0.333. The highest BCUT2D eigenvalue weighted by Gasteiger charge is 2.36. The molecule has 2 N–H and O–H groups in total. The highest BCUT2D eigenvalue weighted by Crippen LogP contribution is 2.36. The van der Waals surface area contributed by atoms with Crippen LogP contribution in [0.3, 0.4) is 0 Å². The average molecular weight is 503 g/mol. The Balaban J connectivity index is 1.85. The highest BCUT2D eigenvalue weighted by molar-refractivity contribution is 6.31. The molecule has 0 saturated carbocycles. The quantitative estimate of drug-likeness (QED) is 0.579. The van der Waals surface area contributed by atoms with E-state index in [-0.39, 0.29) is 23.7 Å². The molecule has 0 bridgehead atoms. The third-order valence-electron chi connectivity index (χ3n) is 5.83. The molecule has 1 aromatic carbocycles. The summed E-state index contributed by atoms with van der Waals surface area (Å²) >= 11 is 6.37. The van der Waals surface area contributed by atoms with Crippen LogP contribution in [0.15, 0.2) is 52.8 Å². The van der Waals surface area contributed by atoms with E-state index in [2.05, 4.69) is 10.3 Å². The molecular weight excluding hydrogens is 479 g/mol. The van der Waals surface area contributed by atoms with Crippen LogP contribution in [0, 0.1) is 12.7 Å². The molecule has 2 aromatic rings. The van der Waals surface area contributed by atoms with E-state index in [0.717, 1.165) is 11.6 Å². The third kappa shape index (κ3) is 5.34. The number of aromatic nitrogens is 1. The number of aliphatic imine (C=N–C) groups is 1. The van der Waals surface area contributed by atoms with Crippen LogP contribution in [0.4, 0.5) is 4.39 Å². The van der Waals surface area contributed by atoms with E-state index in [0.29, 0.717) is 35.9 Å².